The lowest BCUT2D eigenvalue weighted by molar-refractivity contribution is -0.140. The zero-order valence-corrected chi connectivity index (χ0v) is 19.7. The van der Waals surface area contributed by atoms with Crippen molar-refractivity contribution in [2.45, 2.75) is 71.0 Å². The van der Waals surface area contributed by atoms with Gasteiger partial charge in [0.15, 0.2) is 0 Å². The van der Waals surface area contributed by atoms with Crippen LogP contribution < -0.4 is 5.32 Å². The number of nitrogens with zero attached hydrogens (tertiary/aromatic N) is 1. The van der Waals surface area contributed by atoms with Crippen LogP contribution in [-0.2, 0) is 22.6 Å². The molecule has 3 rings (SSSR count). The van der Waals surface area contributed by atoms with Crippen molar-refractivity contribution in [2.75, 3.05) is 0 Å². The number of aryl methyl sites for hydroxylation is 1. The van der Waals surface area contributed by atoms with Gasteiger partial charge in [-0.05, 0) is 55.5 Å². The van der Waals surface area contributed by atoms with Crippen LogP contribution in [0.3, 0.4) is 0 Å². The van der Waals surface area contributed by atoms with Crippen LogP contribution in [0.4, 0.5) is 0 Å². The van der Waals surface area contributed by atoms with Crippen molar-refractivity contribution in [3.05, 3.63) is 69.2 Å². The van der Waals surface area contributed by atoms with Gasteiger partial charge in [0.25, 0.3) is 0 Å². The van der Waals surface area contributed by atoms with Crippen LogP contribution in [0.15, 0.2) is 42.5 Å². The van der Waals surface area contributed by atoms with Gasteiger partial charge in [-0.2, -0.15) is 0 Å². The molecule has 0 spiro atoms. The molecule has 1 saturated carbocycles. The summed E-state index contributed by atoms with van der Waals surface area (Å²) in [5.41, 5.74) is 2.81. The van der Waals surface area contributed by atoms with Crippen molar-refractivity contribution >= 4 is 35.0 Å². The first-order valence-corrected chi connectivity index (χ1v) is 11.7. The van der Waals surface area contributed by atoms with E-state index in [-0.39, 0.29) is 24.3 Å². The Balaban J connectivity index is 1.79. The third-order valence-corrected chi connectivity index (χ3v) is 6.66. The summed E-state index contributed by atoms with van der Waals surface area (Å²) in [6.07, 6.45) is 5.63. The fraction of sp³-hybridized carbons (Fsp3) is 0.440. The van der Waals surface area contributed by atoms with Gasteiger partial charge in [-0.15, -0.1) is 0 Å². The normalized spacial score (nSPS) is 15.4. The van der Waals surface area contributed by atoms with Crippen LogP contribution in [0.5, 0.6) is 0 Å². The predicted molar refractivity (Wildman–Crippen MR) is 126 cm³/mol. The van der Waals surface area contributed by atoms with E-state index in [0.29, 0.717) is 22.2 Å². The Labute approximate surface area is 194 Å². The molecular formula is C25H30Cl2N2O2. The molecule has 2 aromatic carbocycles. The van der Waals surface area contributed by atoms with Crippen LogP contribution in [0.25, 0.3) is 0 Å². The van der Waals surface area contributed by atoms with Gasteiger partial charge >= 0.3 is 0 Å². The summed E-state index contributed by atoms with van der Waals surface area (Å²) in [6.45, 7) is 4.19. The van der Waals surface area contributed by atoms with Gasteiger partial charge in [-0.3, -0.25) is 9.59 Å². The van der Waals surface area contributed by atoms with E-state index < -0.39 is 6.04 Å². The summed E-state index contributed by atoms with van der Waals surface area (Å²) in [5.74, 6) is -0.241. The lowest BCUT2D eigenvalue weighted by Crippen LogP contribution is -2.50. The smallest absolute Gasteiger partial charge is 0.242 e. The zero-order chi connectivity index (χ0) is 22.4. The summed E-state index contributed by atoms with van der Waals surface area (Å²) in [7, 11) is 0. The third-order valence-electron chi connectivity index (χ3n) is 6.08. The van der Waals surface area contributed by atoms with E-state index in [4.69, 9.17) is 23.2 Å². The Morgan fingerprint density at radius 2 is 1.77 bits per heavy atom. The number of nitrogens with one attached hydrogen (secondary N) is 1. The van der Waals surface area contributed by atoms with E-state index in [0.717, 1.165) is 36.8 Å². The molecule has 1 fully saturated rings. The molecule has 4 nitrogen and oxygen atoms in total. The summed E-state index contributed by atoms with van der Waals surface area (Å²) in [4.78, 5) is 28.1. The number of hydrogen-bond donors (Lipinski definition) is 1. The minimum atomic E-state index is -0.583. The van der Waals surface area contributed by atoms with Crippen LogP contribution in [0.1, 0.15) is 55.7 Å². The number of hydrogen-bond acceptors (Lipinski definition) is 2. The number of halogens is 2. The molecule has 0 bridgehead atoms. The Bertz CT molecular complexity index is 925. The molecule has 1 aliphatic carbocycles. The number of rotatable bonds is 7. The van der Waals surface area contributed by atoms with Gasteiger partial charge in [0.1, 0.15) is 6.04 Å². The highest BCUT2D eigenvalue weighted by Gasteiger charge is 2.28. The van der Waals surface area contributed by atoms with Crippen LogP contribution in [0, 0.1) is 6.92 Å². The van der Waals surface area contributed by atoms with E-state index >= 15 is 0 Å². The molecule has 1 N–H and O–H groups in total. The lowest BCUT2D eigenvalue weighted by atomic mass is 9.95. The molecular weight excluding hydrogens is 431 g/mol. The standard InChI is InChI=1S/C25H30Cl2N2O2/c1-17-8-6-7-9-20(17)16-29(18(2)25(31)28-22-10-4-3-5-11-22)24(30)14-19-12-13-21(26)15-23(19)27/h6-9,12-13,15,18,22H,3-5,10-11,14,16H2,1-2H3,(H,28,31). The van der Waals surface area contributed by atoms with Crippen LogP contribution in [-0.4, -0.2) is 28.8 Å². The number of carbonyl (C=O) groups excluding carboxylic acids is 2. The first-order valence-electron chi connectivity index (χ1n) is 10.9. The van der Waals surface area contributed by atoms with Gasteiger partial charge in [-0.1, -0.05) is 72.8 Å². The monoisotopic (exact) mass is 460 g/mol. The van der Waals surface area contributed by atoms with E-state index in [1.54, 1.807) is 30.0 Å². The minimum absolute atomic E-state index is 0.101. The van der Waals surface area contributed by atoms with Crippen molar-refractivity contribution in [3.63, 3.8) is 0 Å². The third kappa shape index (κ3) is 6.47. The summed E-state index contributed by atoms with van der Waals surface area (Å²) >= 11 is 12.3. The van der Waals surface area contributed by atoms with Gasteiger partial charge in [0.2, 0.25) is 11.8 Å². The largest absolute Gasteiger partial charge is 0.352 e. The van der Waals surface area contributed by atoms with Crippen molar-refractivity contribution < 1.29 is 9.59 Å². The molecule has 31 heavy (non-hydrogen) atoms. The second-order valence-electron chi connectivity index (χ2n) is 8.38. The van der Waals surface area contributed by atoms with Crippen LogP contribution in [0.2, 0.25) is 10.0 Å². The average Bonchev–Trinajstić information content (AvgIpc) is 2.75. The van der Waals surface area contributed by atoms with Gasteiger partial charge in [0, 0.05) is 22.6 Å². The maximum absolute atomic E-state index is 13.4. The van der Waals surface area contributed by atoms with E-state index in [9.17, 15) is 9.59 Å². The fourth-order valence-corrected chi connectivity index (χ4v) is 4.53. The maximum Gasteiger partial charge on any atom is 0.242 e. The molecule has 6 heteroatoms. The molecule has 0 aromatic heterocycles. The van der Waals surface area contributed by atoms with E-state index in [1.807, 2.05) is 31.2 Å². The molecule has 0 heterocycles. The Morgan fingerprint density at radius 1 is 1.06 bits per heavy atom. The number of amides is 2. The second-order valence-corrected chi connectivity index (χ2v) is 9.22. The highest BCUT2D eigenvalue weighted by molar-refractivity contribution is 6.35. The quantitative estimate of drug-likeness (QED) is 0.574. The topological polar surface area (TPSA) is 49.4 Å². The summed E-state index contributed by atoms with van der Waals surface area (Å²) in [6, 6.07) is 12.7. The molecule has 2 amide bonds. The van der Waals surface area contributed by atoms with Gasteiger partial charge < -0.3 is 10.2 Å². The lowest BCUT2D eigenvalue weighted by Gasteiger charge is -2.31. The summed E-state index contributed by atoms with van der Waals surface area (Å²) < 4.78 is 0. The second kappa shape index (κ2) is 11.0. The number of benzene rings is 2. The molecule has 166 valence electrons. The van der Waals surface area contributed by atoms with Crippen molar-refractivity contribution in [3.8, 4) is 0 Å². The minimum Gasteiger partial charge on any atom is -0.352 e. The molecule has 0 saturated heterocycles. The Hall–Kier alpha value is -2.04. The van der Waals surface area contributed by atoms with Gasteiger partial charge in [-0.25, -0.2) is 0 Å². The van der Waals surface area contributed by atoms with Gasteiger partial charge in [0.05, 0.1) is 6.42 Å². The Kier molecular flexibility index (Phi) is 8.39. The molecule has 0 aliphatic heterocycles. The number of carbonyl (C=O) groups is 2. The molecule has 1 aliphatic rings. The average molecular weight is 461 g/mol. The first kappa shape index (κ1) is 23.6. The first-order chi connectivity index (χ1) is 14.8. The SMILES string of the molecule is Cc1ccccc1CN(C(=O)Cc1ccc(Cl)cc1Cl)C(C)C(=O)NC1CCCCC1. The molecule has 1 atom stereocenters. The van der Waals surface area contributed by atoms with Crippen molar-refractivity contribution in [2.24, 2.45) is 0 Å². The summed E-state index contributed by atoms with van der Waals surface area (Å²) in [5, 5.41) is 4.14. The molecule has 0 radical (unpaired) electrons. The Morgan fingerprint density at radius 3 is 2.45 bits per heavy atom. The predicted octanol–water partition coefficient (Wildman–Crippen LogP) is 5.71. The highest BCUT2D eigenvalue weighted by atomic mass is 35.5. The molecule has 2 aromatic rings. The van der Waals surface area contributed by atoms with Crippen LogP contribution >= 0.6 is 23.2 Å². The maximum atomic E-state index is 13.4. The van der Waals surface area contributed by atoms with Crippen molar-refractivity contribution in [1.82, 2.24) is 10.2 Å². The molecule has 1 unspecified atom stereocenters. The highest BCUT2D eigenvalue weighted by Crippen LogP contribution is 2.23. The van der Waals surface area contributed by atoms with E-state index in [1.165, 1.54) is 6.42 Å². The zero-order valence-electron chi connectivity index (χ0n) is 18.2. The van der Waals surface area contributed by atoms with E-state index in [2.05, 4.69) is 5.32 Å². The fourth-order valence-electron chi connectivity index (χ4n) is 4.05. The van der Waals surface area contributed by atoms with Crippen molar-refractivity contribution in [1.29, 1.82) is 0 Å².